The van der Waals surface area contributed by atoms with Gasteiger partial charge in [0.2, 0.25) is 5.91 Å². The van der Waals surface area contributed by atoms with Gasteiger partial charge in [0.1, 0.15) is 5.75 Å². The lowest BCUT2D eigenvalue weighted by atomic mass is 9.93. The molecular formula is C33H35ClN2O4. The summed E-state index contributed by atoms with van der Waals surface area (Å²) in [5.41, 5.74) is 3.79. The molecule has 4 aromatic rings. The smallest absolute Gasteiger partial charge is 0.335 e. The summed E-state index contributed by atoms with van der Waals surface area (Å²) < 4.78 is 5.93. The minimum absolute atomic E-state index is 0. The minimum atomic E-state index is -1.04. The van der Waals surface area contributed by atoms with Gasteiger partial charge >= 0.3 is 5.97 Å². The predicted molar refractivity (Wildman–Crippen MR) is 160 cm³/mol. The average molecular weight is 559 g/mol. The SMILES string of the molecule is Cl.O=C(O)c1cccc(NC(=O)C(Cc2ccc(OCCCCCc3ccccc3)cc2)Cc2ccccn2)c1. The number of hydrogen-bond acceptors (Lipinski definition) is 4. The Morgan fingerprint density at radius 2 is 1.57 bits per heavy atom. The summed E-state index contributed by atoms with van der Waals surface area (Å²) in [6.45, 7) is 0.675. The van der Waals surface area contributed by atoms with Crippen molar-refractivity contribution in [2.45, 2.75) is 38.5 Å². The second-order valence-corrected chi connectivity index (χ2v) is 9.59. The highest BCUT2D eigenvalue weighted by Crippen LogP contribution is 2.20. The monoisotopic (exact) mass is 558 g/mol. The van der Waals surface area contributed by atoms with Crippen molar-refractivity contribution in [2.24, 2.45) is 5.92 Å². The lowest BCUT2D eigenvalue weighted by Crippen LogP contribution is -2.27. The Kier molecular flexibility index (Phi) is 12.2. The zero-order chi connectivity index (χ0) is 27.3. The maximum absolute atomic E-state index is 13.3. The molecule has 1 unspecified atom stereocenters. The van der Waals surface area contributed by atoms with Crippen LogP contribution in [0.1, 0.15) is 46.4 Å². The number of nitrogens with one attached hydrogen (secondary N) is 1. The van der Waals surface area contributed by atoms with Crippen molar-refractivity contribution in [3.63, 3.8) is 0 Å². The van der Waals surface area contributed by atoms with E-state index in [-0.39, 0.29) is 29.8 Å². The molecule has 208 valence electrons. The molecule has 4 rings (SSSR count). The lowest BCUT2D eigenvalue weighted by molar-refractivity contribution is -0.119. The fourth-order valence-corrected chi connectivity index (χ4v) is 4.45. The molecule has 0 radical (unpaired) electrons. The third-order valence-corrected chi connectivity index (χ3v) is 6.56. The number of rotatable bonds is 14. The second-order valence-electron chi connectivity index (χ2n) is 9.59. The summed E-state index contributed by atoms with van der Waals surface area (Å²) >= 11 is 0. The Bertz CT molecular complexity index is 1330. The van der Waals surface area contributed by atoms with Gasteiger partial charge in [0.15, 0.2) is 0 Å². The quantitative estimate of drug-likeness (QED) is 0.162. The van der Waals surface area contributed by atoms with Gasteiger partial charge in [0.25, 0.3) is 0 Å². The van der Waals surface area contributed by atoms with Gasteiger partial charge in [-0.2, -0.15) is 0 Å². The number of halogens is 1. The van der Waals surface area contributed by atoms with E-state index in [2.05, 4.69) is 34.6 Å². The first-order valence-electron chi connectivity index (χ1n) is 13.4. The Labute approximate surface area is 241 Å². The van der Waals surface area contributed by atoms with Gasteiger partial charge in [0, 0.05) is 29.9 Å². The number of carbonyl (C=O) groups excluding carboxylic acids is 1. The van der Waals surface area contributed by atoms with Crippen LogP contribution >= 0.6 is 12.4 Å². The average Bonchev–Trinajstić information content (AvgIpc) is 2.96. The van der Waals surface area contributed by atoms with Gasteiger partial charge in [-0.05, 0) is 85.7 Å². The first-order valence-corrected chi connectivity index (χ1v) is 13.4. The maximum atomic E-state index is 13.3. The number of pyridine rings is 1. The van der Waals surface area contributed by atoms with Crippen LogP contribution in [-0.2, 0) is 24.1 Å². The van der Waals surface area contributed by atoms with Crippen molar-refractivity contribution < 1.29 is 19.4 Å². The van der Waals surface area contributed by atoms with Crippen LogP contribution in [0.4, 0.5) is 5.69 Å². The number of amides is 1. The van der Waals surface area contributed by atoms with Crippen molar-refractivity contribution in [1.82, 2.24) is 4.98 Å². The summed E-state index contributed by atoms with van der Waals surface area (Å²) in [4.78, 5) is 29.0. The van der Waals surface area contributed by atoms with E-state index in [1.807, 2.05) is 48.5 Å². The van der Waals surface area contributed by atoms with E-state index >= 15 is 0 Å². The third-order valence-electron chi connectivity index (χ3n) is 6.56. The van der Waals surface area contributed by atoms with Crippen molar-refractivity contribution in [2.75, 3.05) is 11.9 Å². The molecule has 7 heteroatoms. The zero-order valence-electron chi connectivity index (χ0n) is 22.4. The van der Waals surface area contributed by atoms with Gasteiger partial charge in [0.05, 0.1) is 12.2 Å². The summed E-state index contributed by atoms with van der Waals surface area (Å²) in [6, 6.07) is 30.3. The van der Waals surface area contributed by atoms with Crippen LogP contribution in [0.3, 0.4) is 0 Å². The van der Waals surface area contributed by atoms with E-state index in [1.165, 1.54) is 17.7 Å². The molecule has 0 saturated carbocycles. The van der Waals surface area contributed by atoms with Crippen LogP contribution in [0, 0.1) is 5.92 Å². The molecule has 0 aliphatic heterocycles. The molecule has 1 amide bonds. The largest absolute Gasteiger partial charge is 0.494 e. The number of unbranched alkanes of at least 4 members (excludes halogenated alkanes) is 2. The number of carboxylic acids is 1. The molecule has 6 nitrogen and oxygen atoms in total. The first kappa shape index (κ1) is 30.4. The molecule has 1 heterocycles. The van der Waals surface area contributed by atoms with E-state index in [0.29, 0.717) is 25.1 Å². The Balaban J connectivity index is 0.00000441. The van der Waals surface area contributed by atoms with E-state index in [9.17, 15) is 14.7 Å². The first-order chi connectivity index (χ1) is 19.1. The highest BCUT2D eigenvalue weighted by atomic mass is 35.5. The van der Waals surface area contributed by atoms with Crippen LogP contribution in [0.15, 0.2) is 103 Å². The second kappa shape index (κ2) is 16.1. The van der Waals surface area contributed by atoms with E-state index < -0.39 is 5.97 Å². The molecule has 1 atom stereocenters. The van der Waals surface area contributed by atoms with Crippen LogP contribution < -0.4 is 10.1 Å². The highest BCUT2D eigenvalue weighted by molar-refractivity contribution is 5.95. The molecule has 0 spiro atoms. The number of anilines is 1. The number of aromatic carboxylic acids is 1. The van der Waals surface area contributed by atoms with Crippen LogP contribution in [0.5, 0.6) is 5.75 Å². The lowest BCUT2D eigenvalue weighted by Gasteiger charge is -2.17. The number of carboxylic acid groups (broad SMARTS) is 1. The van der Waals surface area contributed by atoms with Crippen molar-refractivity contribution in [3.8, 4) is 5.75 Å². The number of aromatic nitrogens is 1. The minimum Gasteiger partial charge on any atom is -0.494 e. The predicted octanol–water partition coefficient (Wildman–Crippen LogP) is 7.03. The van der Waals surface area contributed by atoms with E-state index in [1.54, 1.807) is 18.3 Å². The molecule has 0 fully saturated rings. The highest BCUT2D eigenvalue weighted by Gasteiger charge is 2.21. The normalized spacial score (nSPS) is 11.2. The fourth-order valence-electron chi connectivity index (χ4n) is 4.45. The summed E-state index contributed by atoms with van der Waals surface area (Å²) in [5.74, 6) is -0.785. The molecule has 2 N–H and O–H groups in total. The van der Waals surface area contributed by atoms with E-state index in [4.69, 9.17) is 4.74 Å². The van der Waals surface area contributed by atoms with Crippen LogP contribution in [0.2, 0.25) is 0 Å². The van der Waals surface area contributed by atoms with Crippen molar-refractivity contribution >= 4 is 30.0 Å². The number of aryl methyl sites for hydroxylation is 1. The van der Waals surface area contributed by atoms with Gasteiger partial charge in [-0.25, -0.2) is 4.79 Å². The number of hydrogen-bond donors (Lipinski definition) is 2. The van der Waals surface area contributed by atoms with Gasteiger partial charge in [-0.1, -0.05) is 54.6 Å². The molecular weight excluding hydrogens is 524 g/mol. The zero-order valence-corrected chi connectivity index (χ0v) is 23.2. The van der Waals surface area contributed by atoms with Gasteiger partial charge < -0.3 is 15.2 Å². The standard InChI is InChI=1S/C33H34N2O4.ClH/c36-32(35-30-15-9-13-27(23-30)33(37)38)28(24-29-14-6-7-20-34-29)22-26-16-18-31(19-17-26)39-21-8-2-5-12-25-10-3-1-4-11-25;/h1,3-4,6-7,9-11,13-20,23,28H,2,5,8,12,21-22,24H2,(H,35,36)(H,37,38);1H. The van der Waals surface area contributed by atoms with E-state index in [0.717, 1.165) is 42.7 Å². The summed E-state index contributed by atoms with van der Waals surface area (Å²) in [7, 11) is 0. The molecule has 0 aliphatic rings. The van der Waals surface area contributed by atoms with Crippen LogP contribution in [-0.4, -0.2) is 28.6 Å². The third kappa shape index (κ3) is 9.86. The molecule has 3 aromatic carbocycles. The molecule has 1 aromatic heterocycles. The Morgan fingerprint density at radius 3 is 2.30 bits per heavy atom. The van der Waals surface area contributed by atoms with Gasteiger partial charge in [-0.15, -0.1) is 12.4 Å². The summed E-state index contributed by atoms with van der Waals surface area (Å²) in [6.07, 6.45) is 7.05. The molecule has 40 heavy (non-hydrogen) atoms. The number of benzene rings is 3. The number of nitrogens with zero attached hydrogens (tertiary/aromatic N) is 1. The Morgan fingerprint density at radius 1 is 0.800 bits per heavy atom. The van der Waals surface area contributed by atoms with Gasteiger partial charge in [-0.3, -0.25) is 9.78 Å². The summed E-state index contributed by atoms with van der Waals surface area (Å²) in [5, 5.41) is 12.2. The molecule has 0 saturated heterocycles. The number of carbonyl (C=O) groups is 2. The Hall–Kier alpha value is -4.16. The fraction of sp³-hybridized carbons (Fsp3) is 0.242. The van der Waals surface area contributed by atoms with Crippen molar-refractivity contribution in [3.05, 3.63) is 126 Å². The topological polar surface area (TPSA) is 88.5 Å². The maximum Gasteiger partial charge on any atom is 0.335 e. The number of ether oxygens (including phenoxy) is 1. The molecule has 0 aliphatic carbocycles. The molecule has 0 bridgehead atoms. The van der Waals surface area contributed by atoms with Crippen molar-refractivity contribution in [1.29, 1.82) is 0 Å². The van der Waals surface area contributed by atoms with Crippen LogP contribution in [0.25, 0.3) is 0 Å².